The van der Waals surface area contributed by atoms with Gasteiger partial charge in [0.05, 0.1) is 5.75 Å². The largest absolute Gasteiger partial charge is 0.340 e. The Kier molecular flexibility index (Phi) is 4.80. The number of anilines is 1. The van der Waals surface area contributed by atoms with Crippen molar-refractivity contribution >= 4 is 45.2 Å². The molecule has 0 N–H and O–H groups in total. The number of hydrogen-bond acceptors (Lipinski definition) is 2. The molecule has 146 valence electrons. The van der Waals surface area contributed by atoms with E-state index >= 15 is 0 Å². The van der Waals surface area contributed by atoms with Crippen molar-refractivity contribution in [2.75, 3.05) is 10.7 Å². The monoisotopic (exact) mass is 400 g/mol. The van der Waals surface area contributed by atoms with Crippen molar-refractivity contribution in [3.05, 3.63) is 78.4 Å². The summed E-state index contributed by atoms with van der Waals surface area (Å²) in [7, 11) is 0. The Bertz CT molecular complexity index is 1180. The smallest absolute Gasteiger partial charge is 0.238 e. The summed E-state index contributed by atoms with van der Waals surface area (Å²) in [4.78, 5) is 14.8. The van der Waals surface area contributed by atoms with Gasteiger partial charge in [-0.1, -0.05) is 61.9 Å². The van der Waals surface area contributed by atoms with Gasteiger partial charge in [0.15, 0.2) is 0 Å². The molecule has 4 aromatic rings. The van der Waals surface area contributed by atoms with Gasteiger partial charge in [-0.3, -0.25) is 9.69 Å². The Balaban J connectivity index is 1.64. The minimum atomic E-state index is 0.0367. The SMILES string of the molecule is CCCCn1c2ccccc2c2cc(N3C(=O)CSC3c3ccccc3)ccc21. The highest BCUT2D eigenvalue weighted by atomic mass is 32.2. The number of aryl methyl sites for hydroxylation is 1. The number of rotatable bonds is 5. The molecule has 4 heteroatoms. The third-order valence-corrected chi connectivity index (χ3v) is 6.93. The van der Waals surface area contributed by atoms with E-state index in [-0.39, 0.29) is 11.3 Å². The van der Waals surface area contributed by atoms with Crippen molar-refractivity contribution in [1.29, 1.82) is 0 Å². The molecule has 1 saturated heterocycles. The highest BCUT2D eigenvalue weighted by Crippen LogP contribution is 2.43. The van der Waals surface area contributed by atoms with E-state index in [1.807, 2.05) is 23.1 Å². The predicted octanol–water partition coefficient (Wildman–Crippen LogP) is 6.37. The number of para-hydroxylation sites is 1. The zero-order chi connectivity index (χ0) is 19.8. The maximum absolute atomic E-state index is 12.8. The molecule has 1 aromatic heterocycles. The lowest BCUT2D eigenvalue weighted by molar-refractivity contribution is -0.115. The van der Waals surface area contributed by atoms with Gasteiger partial charge >= 0.3 is 0 Å². The Morgan fingerprint density at radius 2 is 1.69 bits per heavy atom. The lowest BCUT2D eigenvalue weighted by Gasteiger charge is -2.24. The summed E-state index contributed by atoms with van der Waals surface area (Å²) < 4.78 is 2.42. The molecule has 0 saturated carbocycles. The molecule has 1 aliphatic rings. The van der Waals surface area contributed by atoms with Crippen LogP contribution in [0.5, 0.6) is 0 Å². The number of unbranched alkanes of at least 4 members (excludes halogenated alkanes) is 1. The molecular formula is C25H24N2OS. The molecule has 0 bridgehead atoms. The molecule has 0 spiro atoms. The van der Waals surface area contributed by atoms with Crippen LogP contribution in [-0.2, 0) is 11.3 Å². The number of carbonyl (C=O) groups is 1. The van der Waals surface area contributed by atoms with Gasteiger partial charge in [0.1, 0.15) is 5.37 Å². The second-order valence-electron chi connectivity index (χ2n) is 7.56. The van der Waals surface area contributed by atoms with Crippen LogP contribution in [-0.4, -0.2) is 16.2 Å². The molecule has 1 atom stereocenters. The van der Waals surface area contributed by atoms with Crippen molar-refractivity contribution in [3.63, 3.8) is 0 Å². The van der Waals surface area contributed by atoms with Crippen LogP contribution in [0, 0.1) is 0 Å². The fourth-order valence-corrected chi connectivity index (χ4v) is 5.49. The van der Waals surface area contributed by atoms with Gasteiger partial charge < -0.3 is 4.57 Å². The zero-order valence-electron chi connectivity index (χ0n) is 16.5. The van der Waals surface area contributed by atoms with E-state index in [4.69, 9.17) is 0 Å². The first kappa shape index (κ1) is 18.3. The number of benzene rings is 3. The van der Waals surface area contributed by atoms with E-state index < -0.39 is 0 Å². The van der Waals surface area contributed by atoms with E-state index in [1.165, 1.54) is 33.8 Å². The Hall–Kier alpha value is -2.72. The van der Waals surface area contributed by atoms with Gasteiger partial charge in [0.2, 0.25) is 5.91 Å². The standard InChI is InChI=1S/C25H24N2OS/c1-2-3-15-26-22-12-8-7-11-20(22)21-16-19(13-14-23(21)26)27-24(28)17-29-25(27)18-9-5-4-6-10-18/h4-14,16,25H,2-3,15,17H2,1H3. The first-order valence-electron chi connectivity index (χ1n) is 10.3. The normalized spacial score (nSPS) is 16.9. The first-order valence-corrected chi connectivity index (χ1v) is 11.3. The molecular weight excluding hydrogens is 376 g/mol. The first-order chi connectivity index (χ1) is 14.3. The van der Waals surface area contributed by atoms with Gasteiger partial charge in [0.25, 0.3) is 0 Å². The topological polar surface area (TPSA) is 25.2 Å². The Labute approximate surface area is 175 Å². The number of aromatic nitrogens is 1. The number of amides is 1. The summed E-state index contributed by atoms with van der Waals surface area (Å²) in [6.07, 6.45) is 2.33. The van der Waals surface area contributed by atoms with Crippen LogP contribution in [0.3, 0.4) is 0 Å². The van der Waals surface area contributed by atoms with Crippen LogP contribution >= 0.6 is 11.8 Å². The maximum Gasteiger partial charge on any atom is 0.238 e. The summed E-state index contributed by atoms with van der Waals surface area (Å²) in [5.74, 6) is 0.702. The van der Waals surface area contributed by atoms with E-state index in [2.05, 4.69) is 66.1 Å². The van der Waals surface area contributed by atoms with E-state index in [0.29, 0.717) is 5.75 Å². The van der Waals surface area contributed by atoms with Crippen molar-refractivity contribution < 1.29 is 4.79 Å². The maximum atomic E-state index is 12.8. The molecule has 5 rings (SSSR count). The van der Waals surface area contributed by atoms with Gasteiger partial charge in [-0.25, -0.2) is 0 Å². The molecule has 3 aromatic carbocycles. The number of nitrogens with zero attached hydrogens (tertiary/aromatic N) is 2. The molecule has 0 aliphatic carbocycles. The van der Waals surface area contributed by atoms with Crippen LogP contribution in [0.25, 0.3) is 21.8 Å². The number of fused-ring (bicyclic) bond motifs is 3. The number of thioether (sulfide) groups is 1. The van der Waals surface area contributed by atoms with Crippen molar-refractivity contribution in [1.82, 2.24) is 4.57 Å². The molecule has 1 fully saturated rings. The molecule has 29 heavy (non-hydrogen) atoms. The quantitative estimate of drug-likeness (QED) is 0.389. The van der Waals surface area contributed by atoms with Crippen molar-refractivity contribution in [2.24, 2.45) is 0 Å². The van der Waals surface area contributed by atoms with E-state index in [0.717, 1.165) is 18.7 Å². The second-order valence-corrected chi connectivity index (χ2v) is 8.63. The number of hydrogen-bond donors (Lipinski definition) is 0. The van der Waals surface area contributed by atoms with Gasteiger partial charge in [-0.2, -0.15) is 0 Å². The molecule has 1 amide bonds. The summed E-state index contributed by atoms with van der Waals surface area (Å²) in [5, 5.41) is 2.52. The van der Waals surface area contributed by atoms with Crippen LogP contribution in [0.1, 0.15) is 30.7 Å². The molecule has 1 aliphatic heterocycles. The molecule has 3 nitrogen and oxygen atoms in total. The summed E-state index contributed by atoms with van der Waals surface area (Å²) in [6.45, 7) is 3.25. The third kappa shape index (κ3) is 3.12. The van der Waals surface area contributed by atoms with Crippen LogP contribution in [0.15, 0.2) is 72.8 Å². The van der Waals surface area contributed by atoms with Gasteiger partial charge in [-0.05, 0) is 36.2 Å². The molecule has 0 radical (unpaired) electrons. The Morgan fingerprint density at radius 3 is 2.52 bits per heavy atom. The molecule has 1 unspecified atom stereocenters. The minimum absolute atomic E-state index is 0.0367. The van der Waals surface area contributed by atoms with Crippen LogP contribution in [0.2, 0.25) is 0 Å². The average Bonchev–Trinajstić information content (AvgIpc) is 3.30. The third-order valence-electron chi connectivity index (χ3n) is 5.72. The second kappa shape index (κ2) is 7.60. The van der Waals surface area contributed by atoms with Crippen LogP contribution < -0.4 is 4.90 Å². The van der Waals surface area contributed by atoms with E-state index in [9.17, 15) is 4.79 Å². The lowest BCUT2D eigenvalue weighted by Crippen LogP contribution is -2.27. The van der Waals surface area contributed by atoms with Crippen molar-refractivity contribution in [2.45, 2.75) is 31.7 Å². The van der Waals surface area contributed by atoms with Gasteiger partial charge in [-0.15, -0.1) is 11.8 Å². The van der Waals surface area contributed by atoms with Crippen LogP contribution in [0.4, 0.5) is 5.69 Å². The summed E-state index contributed by atoms with van der Waals surface area (Å²) >= 11 is 1.70. The number of carbonyl (C=O) groups excluding carboxylic acids is 1. The predicted molar refractivity (Wildman–Crippen MR) is 123 cm³/mol. The minimum Gasteiger partial charge on any atom is -0.340 e. The summed E-state index contributed by atoms with van der Waals surface area (Å²) in [5.41, 5.74) is 4.68. The van der Waals surface area contributed by atoms with Gasteiger partial charge in [0, 0.05) is 34.0 Å². The van der Waals surface area contributed by atoms with Crippen molar-refractivity contribution in [3.8, 4) is 0 Å². The fourth-order valence-electron chi connectivity index (χ4n) is 4.32. The molecule has 2 heterocycles. The fraction of sp³-hybridized carbons (Fsp3) is 0.240. The summed E-state index contributed by atoms with van der Waals surface area (Å²) in [6, 6.07) is 25.4. The highest BCUT2D eigenvalue weighted by molar-refractivity contribution is 8.00. The Morgan fingerprint density at radius 1 is 0.931 bits per heavy atom. The highest BCUT2D eigenvalue weighted by Gasteiger charge is 2.34. The lowest BCUT2D eigenvalue weighted by atomic mass is 10.1. The average molecular weight is 401 g/mol. The van der Waals surface area contributed by atoms with E-state index in [1.54, 1.807) is 11.8 Å². The zero-order valence-corrected chi connectivity index (χ0v) is 17.4.